The van der Waals surface area contributed by atoms with Gasteiger partial charge in [-0.2, -0.15) is 13.2 Å². The first-order valence-electron chi connectivity index (χ1n) is 6.27. The molecule has 0 saturated heterocycles. The number of halogens is 4. The second-order valence-electron chi connectivity index (χ2n) is 4.25. The van der Waals surface area contributed by atoms with E-state index in [9.17, 15) is 18.0 Å². The average molecular weight is 288 g/mol. The fraction of sp³-hybridized carbons (Fsp3) is 0.917. The molecule has 0 bridgehead atoms. The van der Waals surface area contributed by atoms with Crippen LogP contribution in [0.15, 0.2) is 0 Å². The van der Waals surface area contributed by atoms with Gasteiger partial charge in [0.15, 0.2) is 0 Å². The van der Waals surface area contributed by atoms with Crippen LogP contribution in [0.25, 0.3) is 0 Å². The molecule has 108 valence electrons. The van der Waals surface area contributed by atoms with Crippen LogP contribution in [0.2, 0.25) is 0 Å². The molecule has 0 atom stereocenters. The van der Waals surface area contributed by atoms with Crippen LogP contribution in [-0.2, 0) is 4.79 Å². The summed E-state index contributed by atoms with van der Waals surface area (Å²) >= 11 is 5.48. The molecule has 0 heterocycles. The summed E-state index contributed by atoms with van der Waals surface area (Å²) in [4.78, 5) is 12.8. The Morgan fingerprint density at radius 1 is 1.22 bits per heavy atom. The van der Waals surface area contributed by atoms with Gasteiger partial charge in [0.05, 0.1) is 0 Å². The first kappa shape index (κ1) is 17.6. The Kier molecular flexibility index (Phi) is 8.40. The van der Waals surface area contributed by atoms with E-state index in [2.05, 4.69) is 0 Å². The predicted octanol–water partition coefficient (Wildman–Crippen LogP) is 3.98. The van der Waals surface area contributed by atoms with Gasteiger partial charge in [-0.1, -0.05) is 13.8 Å². The second-order valence-corrected chi connectivity index (χ2v) is 4.63. The highest BCUT2D eigenvalue weighted by Gasteiger charge is 2.35. The summed E-state index contributed by atoms with van der Waals surface area (Å²) in [6.07, 6.45) is -1.95. The van der Waals surface area contributed by atoms with Gasteiger partial charge in [-0.25, -0.2) is 0 Å². The van der Waals surface area contributed by atoms with Crippen LogP contribution < -0.4 is 0 Å². The molecule has 18 heavy (non-hydrogen) atoms. The predicted molar refractivity (Wildman–Crippen MR) is 66.7 cm³/mol. The highest BCUT2D eigenvalue weighted by molar-refractivity contribution is 6.17. The maximum Gasteiger partial charge on any atom is 0.406 e. The topological polar surface area (TPSA) is 20.3 Å². The number of unbranched alkanes of at least 4 members (excludes halogenated alkanes) is 1. The number of amides is 1. The Morgan fingerprint density at radius 3 is 2.17 bits per heavy atom. The summed E-state index contributed by atoms with van der Waals surface area (Å²) in [7, 11) is 0. The van der Waals surface area contributed by atoms with E-state index < -0.39 is 18.6 Å². The molecule has 0 aliphatic heterocycles. The summed E-state index contributed by atoms with van der Waals surface area (Å²) < 4.78 is 37.4. The third-order valence-electron chi connectivity index (χ3n) is 2.83. The van der Waals surface area contributed by atoms with Gasteiger partial charge in [0, 0.05) is 18.3 Å². The maximum absolute atomic E-state index is 12.5. The van der Waals surface area contributed by atoms with E-state index in [0.717, 1.165) is 4.90 Å². The van der Waals surface area contributed by atoms with E-state index in [-0.39, 0.29) is 12.5 Å². The smallest absolute Gasteiger partial charge is 0.331 e. The molecule has 0 saturated carbocycles. The molecule has 0 aromatic carbocycles. The van der Waals surface area contributed by atoms with E-state index in [1.54, 1.807) is 13.8 Å². The molecule has 0 spiro atoms. The zero-order valence-corrected chi connectivity index (χ0v) is 11.7. The van der Waals surface area contributed by atoms with Gasteiger partial charge in [-0.3, -0.25) is 4.79 Å². The molecule has 0 aliphatic rings. The maximum atomic E-state index is 12.5. The van der Waals surface area contributed by atoms with Crippen molar-refractivity contribution >= 4 is 17.5 Å². The molecule has 0 aliphatic carbocycles. The average Bonchev–Trinajstić information content (AvgIpc) is 2.28. The van der Waals surface area contributed by atoms with Crippen molar-refractivity contribution in [2.75, 3.05) is 12.4 Å². The lowest BCUT2D eigenvalue weighted by molar-refractivity contribution is -0.166. The molecule has 0 aromatic rings. The molecule has 0 radical (unpaired) electrons. The van der Waals surface area contributed by atoms with Crippen LogP contribution in [-0.4, -0.2) is 35.4 Å². The molecule has 0 rings (SSSR count). The quantitative estimate of drug-likeness (QED) is 0.488. The van der Waals surface area contributed by atoms with Crippen LogP contribution in [0, 0.1) is 0 Å². The first-order chi connectivity index (χ1) is 8.35. The standard InChI is InChI=1S/C12H21ClF3NO/c1-3-10(4-2)17(9-12(14,15)16)11(18)7-5-6-8-13/h10H,3-9H2,1-2H3. The van der Waals surface area contributed by atoms with Crippen LogP contribution in [0.4, 0.5) is 13.2 Å². The Hall–Kier alpha value is -0.450. The van der Waals surface area contributed by atoms with Gasteiger partial charge in [0.2, 0.25) is 5.91 Å². The number of carbonyl (C=O) groups is 1. The normalized spacial score (nSPS) is 11.9. The van der Waals surface area contributed by atoms with Gasteiger partial charge >= 0.3 is 6.18 Å². The lowest BCUT2D eigenvalue weighted by Crippen LogP contribution is -2.45. The fourth-order valence-electron chi connectivity index (χ4n) is 1.86. The zero-order chi connectivity index (χ0) is 14.2. The summed E-state index contributed by atoms with van der Waals surface area (Å²) in [5, 5.41) is 0. The molecular formula is C12H21ClF3NO. The Labute approximate surface area is 111 Å². The molecule has 2 nitrogen and oxygen atoms in total. The highest BCUT2D eigenvalue weighted by Crippen LogP contribution is 2.21. The van der Waals surface area contributed by atoms with Crippen molar-refractivity contribution in [1.82, 2.24) is 4.90 Å². The number of nitrogens with zero attached hydrogens (tertiary/aromatic N) is 1. The van der Waals surface area contributed by atoms with E-state index in [1.165, 1.54) is 0 Å². The van der Waals surface area contributed by atoms with Crippen molar-refractivity contribution in [3.8, 4) is 0 Å². The van der Waals surface area contributed by atoms with Crippen LogP contribution >= 0.6 is 11.6 Å². The largest absolute Gasteiger partial charge is 0.406 e. The van der Waals surface area contributed by atoms with Crippen molar-refractivity contribution < 1.29 is 18.0 Å². The summed E-state index contributed by atoms with van der Waals surface area (Å²) in [6, 6.07) is -0.338. The van der Waals surface area contributed by atoms with Crippen molar-refractivity contribution in [2.45, 2.75) is 58.2 Å². The molecule has 0 fully saturated rings. The van der Waals surface area contributed by atoms with E-state index in [4.69, 9.17) is 11.6 Å². The van der Waals surface area contributed by atoms with Crippen LogP contribution in [0.5, 0.6) is 0 Å². The molecule has 0 aromatic heterocycles. The molecule has 1 amide bonds. The van der Waals surface area contributed by atoms with Crippen LogP contribution in [0.3, 0.4) is 0 Å². The summed E-state index contributed by atoms with van der Waals surface area (Å²) in [5.41, 5.74) is 0. The lowest BCUT2D eigenvalue weighted by atomic mass is 10.1. The monoisotopic (exact) mass is 287 g/mol. The van der Waals surface area contributed by atoms with Crippen molar-refractivity contribution in [1.29, 1.82) is 0 Å². The summed E-state index contributed by atoms with van der Waals surface area (Å²) in [5.74, 6) is 0.00324. The van der Waals surface area contributed by atoms with Crippen molar-refractivity contribution in [2.24, 2.45) is 0 Å². The minimum atomic E-state index is -4.34. The number of alkyl halides is 4. The zero-order valence-electron chi connectivity index (χ0n) is 10.9. The third-order valence-corrected chi connectivity index (χ3v) is 3.09. The fourth-order valence-corrected chi connectivity index (χ4v) is 2.05. The van der Waals surface area contributed by atoms with Gasteiger partial charge in [0.25, 0.3) is 0 Å². The van der Waals surface area contributed by atoms with E-state index >= 15 is 0 Å². The van der Waals surface area contributed by atoms with E-state index in [0.29, 0.717) is 31.6 Å². The van der Waals surface area contributed by atoms with Gasteiger partial charge in [-0.05, 0) is 25.7 Å². The third kappa shape index (κ3) is 7.09. The molecule has 6 heteroatoms. The van der Waals surface area contributed by atoms with Gasteiger partial charge in [-0.15, -0.1) is 11.6 Å². The number of rotatable bonds is 8. The molecule has 0 unspecified atom stereocenters. The van der Waals surface area contributed by atoms with Crippen LogP contribution in [0.1, 0.15) is 46.0 Å². The van der Waals surface area contributed by atoms with Crippen molar-refractivity contribution in [3.05, 3.63) is 0 Å². The van der Waals surface area contributed by atoms with E-state index in [1.807, 2.05) is 0 Å². The summed E-state index contributed by atoms with van der Waals surface area (Å²) in [6.45, 7) is 2.44. The Balaban J connectivity index is 4.58. The first-order valence-corrected chi connectivity index (χ1v) is 6.81. The second kappa shape index (κ2) is 8.62. The number of hydrogen-bond acceptors (Lipinski definition) is 1. The highest BCUT2D eigenvalue weighted by atomic mass is 35.5. The van der Waals surface area contributed by atoms with Crippen molar-refractivity contribution in [3.63, 3.8) is 0 Å². The minimum absolute atomic E-state index is 0.138. The molecule has 0 N–H and O–H groups in total. The molecular weight excluding hydrogens is 267 g/mol. The Morgan fingerprint density at radius 2 is 1.78 bits per heavy atom. The number of hydrogen-bond donors (Lipinski definition) is 0. The lowest BCUT2D eigenvalue weighted by Gasteiger charge is -2.31. The SMILES string of the molecule is CCC(CC)N(CC(F)(F)F)C(=O)CCCCCl. The van der Waals surface area contributed by atoms with Gasteiger partial charge in [0.1, 0.15) is 6.54 Å². The minimum Gasteiger partial charge on any atom is -0.331 e. The Bertz CT molecular complexity index is 242. The van der Waals surface area contributed by atoms with Gasteiger partial charge < -0.3 is 4.90 Å². The number of carbonyl (C=O) groups excluding carboxylic acids is 1.